The Morgan fingerprint density at radius 1 is 1.00 bits per heavy atom. The standard InChI is InChI=1S/C21H15NO3/c1-2-21(23)25-14-24-20-10-9-18-11-17(7-8-19(18)12-20)16-5-3-15(13-22)4-6-16/h2-12H,1,14H2. The molecule has 0 radical (unpaired) electrons. The molecule has 0 fully saturated rings. The van der Waals surface area contributed by atoms with Crippen molar-refractivity contribution in [3.05, 3.63) is 78.9 Å². The van der Waals surface area contributed by atoms with Crippen LogP contribution in [-0.2, 0) is 9.53 Å². The van der Waals surface area contributed by atoms with E-state index in [-0.39, 0.29) is 6.79 Å². The van der Waals surface area contributed by atoms with Gasteiger partial charge >= 0.3 is 5.97 Å². The molecule has 4 heteroatoms. The molecule has 122 valence electrons. The lowest BCUT2D eigenvalue weighted by Gasteiger charge is -2.08. The van der Waals surface area contributed by atoms with Gasteiger partial charge in [-0.05, 0) is 52.2 Å². The Balaban J connectivity index is 1.79. The van der Waals surface area contributed by atoms with Crippen LogP contribution in [0.2, 0.25) is 0 Å². The first kappa shape index (κ1) is 16.3. The number of hydrogen-bond donors (Lipinski definition) is 0. The van der Waals surface area contributed by atoms with Crippen LogP contribution in [0.3, 0.4) is 0 Å². The van der Waals surface area contributed by atoms with Crippen molar-refractivity contribution in [3.8, 4) is 22.9 Å². The fourth-order valence-electron chi connectivity index (χ4n) is 2.44. The average molecular weight is 329 g/mol. The highest BCUT2D eigenvalue weighted by atomic mass is 16.7. The Morgan fingerprint density at radius 3 is 2.40 bits per heavy atom. The number of rotatable bonds is 5. The van der Waals surface area contributed by atoms with E-state index in [0.29, 0.717) is 11.3 Å². The number of fused-ring (bicyclic) bond motifs is 1. The van der Waals surface area contributed by atoms with Gasteiger partial charge in [-0.15, -0.1) is 0 Å². The number of hydrogen-bond acceptors (Lipinski definition) is 4. The summed E-state index contributed by atoms with van der Waals surface area (Å²) in [6.07, 6.45) is 1.09. The van der Waals surface area contributed by atoms with Crippen molar-refractivity contribution in [2.75, 3.05) is 6.79 Å². The highest BCUT2D eigenvalue weighted by Gasteiger charge is 2.03. The van der Waals surface area contributed by atoms with Gasteiger partial charge in [0.25, 0.3) is 0 Å². The number of benzene rings is 3. The van der Waals surface area contributed by atoms with Crippen LogP contribution in [0, 0.1) is 11.3 Å². The van der Waals surface area contributed by atoms with Gasteiger partial charge in [-0.1, -0.05) is 36.9 Å². The van der Waals surface area contributed by atoms with E-state index < -0.39 is 5.97 Å². The molecule has 3 rings (SSSR count). The third-order valence-corrected chi connectivity index (χ3v) is 3.75. The maximum Gasteiger partial charge on any atom is 0.333 e. The summed E-state index contributed by atoms with van der Waals surface area (Å²) in [5.41, 5.74) is 2.77. The zero-order valence-corrected chi connectivity index (χ0v) is 13.4. The van der Waals surface area contributed by atoms with E-state index in [4.69, 9.17) is 14.7 Å². The maximum absolute atomic E-state index is 11.0. The third kappa shape index (κ3) is 3.85. The van der Waals surface area contributed by atoms with Gasteiger partial charge in [-0.2, -0.15) is 5.26 Å². The lowest BCUT2D eigenvalue weighted by molar-refractivity contribution is -0.144. The number of nitriles is 1. The summed E-state index contributed by atoms with van der Waals surface area (Å²) in [6, 6.07) is 21.4. The van der Waals surface area contributed by atoms with Gasteiger partial charge in [0.2, 0.25) is 6.79 Å². The molecule has 0 saturated carbocycles. The number of nitrogens with zero attached hydrogens (tertiary/aromatic N) is 1. The van der Waals surface area contributed by atoms with Gasteiger partial charge < -0.3 is 9.47 Å². The molecule has 3 aromatic carbocycles. The number of ether oxygens (including phenoxy) is 2. The van der Waals surface area contributed by atoms with E-state index in [0.717, 1.165) is 28.0 Å². The summed E-state index contributed by atoms with van der Waals surface area (Å²) in [5.74, 6) is 0.100. The molecular weight excluding hydrogens is 314 g/mol. The van der Waals surface area contributed by atoms with Crippen LogP contribution in [-0.4, -0.2) is 12.8 Å². The van der Waals surface area contributed by atoms with E-state index in [9.17, 15) is 4.79 Å². The van der Waals surface area contributed by atoms with Crippen LogP contribution in [0.5, 0.6) is 5.75 Å². The van der Waals surface area contributed by atoms with E-state index in [2.05, 4.69) is 18.7 Å². The Bertz CT molecular complexity index is 969. The molecule has 0 spiro atoms. The Kier molecular flexibility index (Phi) is 4.77. The second kappa shape index (κ2) is 7.33. The molecule has 0 aliphatic rings. The monoisotopic (exact) mass is 329 g/mol. The Morgan fingerprint density at radius 2 is 1.68 bits per heavy atom. The molecule has 0 amide bonds. The number of carbonyl (C=O) groups is 1. The van der Waals surface area contributed by atoms with Crippen LogP contribution >= 0.6 is 0 Å². The molecule has 3 aromatic rings. The third-order valence-electron chi connectivity index (χ3n) is 3.75. The molecule has 4 nitrogen and oxygen atoms in total. The first-order valence-corrected chi connectivity index (χ1v) is 7.66. The van der Waals surface area contributed by atoms with Crippen LogP contribution in [0.4, 0.5) is 0 Å². The average Bonchev–Trinajstić information content (AvgIpc) is 2.67. The largest absolute Gasteiger partial charge is 0.457 e. The second-order valence-corrected chi connectivity index (χ2v) is 5.34. The minimum absolute atomic E-state index is 0.153. The molecule has 0 N–H and O–H groups in total. The Labute approximate surface area is 145 Å². The summed E-state index contributed by atoms with van der Waals surface area (Å²) in [6.45, 7) is 3.17. The van der Waals surface area contributed by atoms with E-state index in [1.807, 2.05) is 42.5 Å². The topological polar surface area (TPSA) is 59.3 Å². The summed E-state index contributed by atoms with van der Waals surface area (Å²) in [5, 5.41) is 11.0. The van der Waals surface area contributed by atoms with Gasteiger partial charge in [0.15, 0.2) is 0 Å². The quantitative estimate of drug-likeness (QED) is 0.394. The van der Waals surface area contributed by atoms with Crippen molar-refractivity contribution in [1.82, 2.24) is 0 Å². The highest BCUT2D eigenvalue weighted by Crippen LogP contribution is 2.27. The fraction of sp³-hybridized carbons (Fsp3) is 0.0476. The lowest BCUT2D eigenvalue weighted by atomic mass is 10.0. The molecule has 0 atom stereocenters. The minimum atomic E-state index is -0.521. The van der Waals surface area contributed by atoms with Crippen LogP contribution in [0.1, 0.15) is 5.56 Å². The van der Waals surface area contributed by atoms with E-state index in [1.54, 1.807) is 12.1 Å². The van der Waals surface area contributed by atoms with Crippen molar-refractivity contribution >= 4 is 16.7 Å². The smallest absolute Gasteiger partial charge is 0.333 e. The van der Waals surface area contributed by atoms with Crippen LogP contribution < -0.4 is 4.74 Å². The molecule has 0 unspecified atom stereocenters. The summed E-state index contributed by atoms with van der Waals surface area (Å²) in [4.78, 5) is 11.0. The number of esters is 1. The van der Waals surface area contributed by atoms with E-state index >= 15 is 0 Å². The molecule has 0 aromatic heterocycles. The van der Waals surface area contributed by atoms with Crippen molar-refractivity contribution in [3.63, 3.8) is 0 Å². The summed E-state index contributed by atoms with van der Waals surface area (Å²) >= 11 is 0. The number of carbonyl (C=O) groups excluding carboxylic acids is 1. The predicted octanol–water partition coefficient (Wildman–Crippen LogP) is 4.44. The first-order chi connectivity index (χ1) is 12.2. The van der Waals surface area contributed by atoms with Gasteiger partial charge in [0.1, 0.15) is 5.75 Å². The van der Waals surface area contributed by atoms with Crippen LogP contribution in [0.15, 0.2) is 73.3 Å². The lowest BCUT2D eigenvalue weighted by Crippen LogP contribution is -2.07. The van der Waals surface area contributed by atoms with Crippen LogP contribution in [0.25, 0.3) is 21.9 Å². The van der Waals surface area contributed by atoms with Gasteiger partial charge in [0.05, 0.1) is 11.6 Å². The molecule has 0 saturated heterocycles. The van der Waals surface area contributed by atoms with Gasteiger partial charge in [-0.25, -0.2) is 4.79 Å². The SMILES string of the molecule is C=CC(=O)OCOc1ccc2cc(-c3ccc(C#N)cc3)ccc2c1. The second-order valence-electron chi connectivity index (χ2n) is 5.34. The fourth-order valence-corrected chi connectivity index (χ4v) is 2.44. The molecule has 0 heterocycles. The molecule has 0 bridgehead atoms. The predicted molar refractivity (Wildman–Crippen MR) is 95.9 cm³/mol. The van der Waals surface area contributed by atoms with Gasteiger partial charge in [-0.3, -0.25) is 0 Å². The zero-order chi connectivity index (χ0) is 17.6. The molecule has 0 aliphatic carbocycles. The highest BCUT2D eigenvalue weighted by molar-refractivity contribution is 5.88. The first-order valence-electron chi connectivity index (χ1n) is 7.66. The van der Waals surface area contributed by atoms with Crippen molar-refractivity contribution < 1.29 is 14.3 Å². The Hall–Kier alpha value is -3.58. The molecular formula is C21H15NO3. The van der Waals surface area contributed by atoms with Gasteiger partial charge in [0, 0.05) is 6.08 Å². The van der Waals surface area contributed by atoms with Crippen molar-refractivity contribution in [1.29, 1.82) is 5.26 Å². The zero-order valence-electron chi connectivity index (χ0n) is 13.4. The molecule has 0 aliphatic heterocycles. The minimum Gasteiger partial charge on any atom is -0.457 e. The van der Waals surface area contributed by atoms with E-state index in [1.165, 1.54) is 0 Å². The van der Waals surface area contributed by atoms with Crippen molar-refractivity contribution in [2.24, 2.45) is 0 Å². The normalized spacial score (nSPS) is 10.0. The summed E-state index contributed by atoms with van der Waals surface area (Å²) in [7, 11) is 0. The van der Waals surface area contributed by atoms with Crippen molar-refractivity contribution in [2.45, 2.75) is 0 Å². The maximum atomic E-state index is 11.0. The molecule has 25 heavy (non-hydrogen) atoms. The summed E-state index contributed by atoms with van der Waals surface area (Å²) < 4.78 is 10.2.